The Morgan fingerprint density at radius 1 is 0.939 bits per heavy atom. The van der Waals surface area contributed by atoms with Gasteiger partial charge in [-0.25, -0.2) is 4.57 Å². The molecule has 1 fully saturated rings. The number of halogens is 3. The van der Waals surface area contributed by atoms with Crippen LogP contribution in [0, 0.1) is 11.8 Å². The predicted molar refractivity (Wildman–Crippen MR) is 115 cm³/mol. The second-order valence-corrected chi connectivity index (χ2v) is 11.3. The minimum atomic E-state index is -4.77. The largest absolute Gasteiger partial charge is 0.477 e. The third-order valence-electron chi connectivity index (χ3n) is 4.51. The molecule has 9 nitrogen and oxygen atoms in total. The Kier molecular flexibility index (Phi) is 12.4. The SMILES string of the molecule is CC(=O)OC1[C@@H](OP(=O)(OCCSC(C)=O)OCCSC(C)=O)OC(C(F)(F)F)[C@@H](C)[C@@H]1C. The van der Waals surface area contributed by atoms with E-state index in [9.17, 15) is 32.1 Å². The van der Waals surface area contributed by atoms with E-state index in [1.165, 1.54) is 27.7 Å². The summed E-state index contributed by atoms with van der Waals surface area (Å²) in [6.45, 7) is 5.83. The van der Waals surface area contributed by atoms with E-state index in [0.29, 0.717) is 0 Å². The first kappa shape index (κ1) is 30.4. The molecule has 2 unspecified atom stereocenters. The number of esters is 1. The number of alkyl halides is 3. The molecule has 0 bridgehead atoms. The average Bonchev–Trinajstić information content (AvgIpc) is 2.67. The lowest BCUT2D eigenvalue weighted by Gasteiger charge is -2.44. The number of thioether (sulfide) groups is 2. The molecule has 192 valence electrons. The van der Waals surface area contributed by atoms with Crippen molar-refractivity contribution in [3.05, 3.63) is 0 Å². The smallest absolute Gasteiger partial charge is 0.457 e. The molecule has 0 aromatic heterocycles. The highest BCUT2D eigenvalue weighted by Gasteiger charge is 2.56. The van der Waals surface area contributed by atoms with E-state index in [0.717, 1.165) is 30.4 Å². The second kappa shape index (κ2) is 13.5. The number of carbonyl (C=O) groups is 3. The van der Waals surface area contributed by atoms with Crippen molar-refractivity contribution in [3.63, 3.8) is 0 Å². The van der Waals surface area contributed by atoms with Crippen LogP contribution in [0.5, 0.6) is 0 Å². The minimum Gasteiger partial charge on any atom is -0.457 e. The fourth-order valence-electron chi connectivity index (χ4n) is 2.88. The Morgan fingerprint density at radius 3 is 1.82 bits per heavy atom. The van der Waals surface area contributed by atoms with Gasteiger partial charge in [-0.2, -0.15) is 13.2 Å². The summed E-state index contributed by atoms with van der Waals surface area (Å²) in [6.07, 6.45) is -10.3. The van der Waals surface area contributed by atoms with Crippen LogP contribution in [0.15, 0.2) is 0 Å². The normalized spacial score (nSPS) is 26.1. The molecule has 0 N–H and O–H groups in total. The zero-order valence-corrected chi connectivity index (χ0v) is 21.3. The molecule has 0 spiro atoms. The molecule has 33 heavy (non-hydrogen) atoms. The molecule has 15 heteroatoms. The monoisotopic (exact) mass is 540 g/mol. The van der Waals surface area contributed by atoms with Crippen LogP contribution in [0.25, 0.3) is 0 Å². The fraction of sp³-hybridized carbons (Fsp3) is 0.833. The van der Waals surface area contributed by atoms with E-state index < -0.39 is 50.3 Å². The summed E-state index contributed by atoms with van der Waals surface area (Å²) in [5, 5.41) is -0.455. The predicted octanol–water partition coefficient (Wildman–Crippen LogP) is 4.19. The standard InChI is InChI=1S/C18H28F3O9PS2/c1-10-11(2)16(18(19,20)21)29-17(15(10)28-12(3)22)30-31(25,26-6-8-32-13(4)23)27-7-9-33-14(5)24/h10-11,15-17H,6-9H2,1-5H3/t10-,11-,15?,16?,17+/m0/s1. The molecule has 0 aliphatic carbocycles. The van der Waals surface area contributed by atoms with Gasteiger partial charge in [-0.1, -0.05) is 37.4 Å². The first-order chi connectivity index (χ1) is 15.2. The summed E-state index contributed by atoms with van der Waals surface area (Å²) in [7, 11) is -4.55. The Bertz CT molecular complexity index is 711. The van der Waals surface area contributed by atoms with Gasteiger partial charge in [0.1, 0.15) is 0 Å². The van der Waals surface area contributed by atoms with Gasteiger partial charge >= 0.3 is 20.0 Å². The van der Waals surface area contributed by atoms with Gasteiger partial charge in [-0.05, 0) is 5.92 Å². The van der Waals surface area contributed by atoms with Gasteiger partial charge in [-0.15, -0.1) is 0 Å². The number of hydrogen-bond acceptors (Lipinski definition) is 11. The summed E-state index contributed by atoms with van der Waals surface area (Å²) in [4.78, 5) is 33.7. The van der Waals surface area contributed by atoms with Crippen LogP contribution >= 0.6 is 31.3 Å². The summed E-state index contributed by atoms with van der Waals surface area (Å²) in [5.74, 6) is -2.63. The van der Waals surface area contributed by atoms with E-state index >= 15 is 0 Å². The van der Waals surface area contributed by atoms with Crippen LogP contribution in [-0.2, 0) is 42.0 Å². The summed E-state index contributed by atoms with van der Waals surface area (Å²) in [5.41, 5.74) is 0. The van der Waals surface area contributed by atoms with Crippen LogP contribution in [0.2, 0.25) is 0 Å². The molecule has 1 saturated heterocycles. The maximum absolute atomic E-state index is 13.5. The molecule has 0 amide bonds. The molecule has 1 rings (SSSR count). The highest BCUT2D eigenvalue weighted by atomic mass is 32.2. The van der Waals surface area contributed by atoms with Gasteiger partial charge in [-0.3, -0.25) is 28.0 Å². The van der Waals surface area contributed by atoms with Gasteiger partial charge in [0.15, 0.2) is 22.4 Å². The zero-order chi connectivity index (χ0) is 25.4. The number of rotatable bonds is 11. The van der Waals surface area contributed by atoms with Crippen LogP contribution in [0.4, 0.5) is 13.2 Å². The third kappa shape index (κ3) is 10.7. The molecular weight excluding hydrogens is 512 g/mol. The van der Waals surface area contributed by atoms with E-state index in [4.69, 9.17) is 23.0 Å². The first-order valence-corrected chi connectivity index (χ1v) is 13.3. The van der Waals surface area contributed by atoms with Crippen molar-refractivity contribution in [2.45, 2.75) is 59.3 Å². The van der Waals surface area contributed by atoms with Crippen molar-refractivity contribution >= 4 is 47.5 Å². The van der Waals surface area contributed by atoms with E-state index in [1.807, 2.05) is 0 Å². The highest BCUT2D eigenvalue weighted by molar-refractivity contribution is 8.13. The van der Waals surface area contributed by atoms with Crippen molar-refractivity contribution in [1.29, 1.82) is 0 Å². The molecule has 5 atom stereocenters. The average molecular weight is 541 g/mol. The molecule has 0 radical (unpaired) electrons. The lowest BCUT2D eigenvalue weighted by Crippen LogP contribution is -2.56. The highest BCUT2D eigenvalue weighted by Crippen LogP contribution is 2.53. The first-order valence-electron chi connectivity index (χ1n) is 9.90. The maximum atomic E-state index is 13.5. The van der Waals surface area contributed by atoms with Crippen molar-refractivity contribution in [2.24, 2.45) is 11.8 Å². The Labute approximate surface area is 198 Å². The number of hydrogen-bond donors (Lipinski definition) is 0. The fourth-order valence-corrected chi connectivity index (χ4v) is 5.28. The quantitative estimate of drug-likeness (QED) is 0.213. The van der Waals surface area contributed by atoms with Crippen LogP contribution < -0.4 is 0 Å². The number of carbonyl (C=O) groups excluding carboxylic acids is 3. The topological polar surface area (TPSA) is 114 Å². The Balaban J connectivity index is 3.09. The summed E-state index contributed by atoms with van der Waals surface area (Å²) < 4.78 is 79.5. The van der Waals surface area contributed by atoms with Crippen molar-refractivity contribution in [2.75, 3.05) is 24.7 Å². The van der Waals surface area contributed by atoms with Crippen molar-refractivity contribution < 1.29 is 55.2 Å². The maximum Gasteiger partial charge on any atom is 0.477 e. The second-order valence-electron chi connectivity index (χ2n) is 7.16. The van der Waals surface area contributed by atoms with Crippen LogP contribution in [-0.4, -0.2) is 65.6 Å². The van der Waals surface area contributed by atoms with Gasteiger partial charge in [0.05, 0.1) is 13.2 Å². The molecular formula is C18H28F3O9PS2. The Hall–Kier alpha value is -0.630. The lowest BCUT2D eigenvalue weighted by atomic mass is 9.83. The number of phosphoric ester groups is 1. The lowest BCUT2D eigenvalue weighted by molar-refractivity contribution is -0.322. The minimum absolute atomic E-state index is 0.0751. The summed E-state index contributed by atoms with van der Waals surface area (Å²) >= 11 is 1.74. The van der Waals surface area contributed by atoms with E-state index in [2.05, 4.69) is 0 Å². The molecule has 0 aromatic carbocycles. The molecule has 0 saturated carbocycles. The summed E-state index contributed by atoms with van der Waals surface area (Å²) in [6, 6.07) is 0. The van der Waals surface area contributed by atoms with E-state index in [1.54, 1.807) is 0 Å². The molecule has 1 aliphatic heterocycles. The van der Waals surface area contributed by atoms with Crippen LogP contribution in [0.3, 0.4) is 0 Å². The van der Waals surface area contributed by atoms with Crippen LogP contribution in [0.1, 0.15) is 34.6 Å². The van der Waals surface area contributed by atoms with Gasteiger partial charge in [0.25, 0.3) is 0 Å². The molecule has 1 aliphatic rings. The van der Waals surface area contributed by atoms with Gasteiger partial charge in [0, 0.05) is 38.2 Å². The van der Waals surface area contributed by atoms with Gasteiger partial charge in [0.2, 0.25) is 6.29 Å². The van der Waals surface area contributed by atoms with Crippen molar-refractivity contribution in [1.82, 2.24) is 0 Å². The molecule has 1 heterocycles. The molecule has 0 aromatic rings. The van der Waals surface area contributed by atoms with Gasteiger partial charge < -0.3 is 9.47 Å². The van der Waals surface area contributed by atoms with E-state index in [-0.39, 0.29) is 35.0 Å². The number of ether oxygens (including phenoxy) is 2. The van der Waals surface area contributed by atoms with Crippen molar-refractivity contribution in [3.8, 4) is 0 Å². The third-order valence-corrected chi connectivity index (χ3v) is 7.53. The Morgan fingerprint density at radius 2 is 1.42 bits per heavy atom. The number of phosphoric acid groups is 1. The zero-order valence-electron chi connectivity index (χ0n) is 18.8.